The van der Waals surface area contributed by atoms with E-state index in [0.29, 0.717) is 5.82 Å². The second-order valence-corrected chi connectivity index (χ2v) is 4.12. The highest BCUT2D eigenvalue weighted by molar-refractivity contribution is 7.04. The minimum Gasteiger partial charge on any atom is -0.607 e. The number of Topliss-reactive ketones (excluding diaryl/α,β-unsaturated/α-hetero) is 1. The van der Waals surface area contributed by atoms with Gasteiger partial charge in [0.05, 0.1) is 6.54 Å². The second kappa shape index (κ2) is 3.79. The lowest BCUT2D eigenvalue weighted by Gasteiger charge is -2.23. The van der Waals surface area contributed by atoms with Crippen molar-refractivity contribution >= 4 is 30.1 Å². The van der Waals surface area contributed by atoms with E-state index < -0.39 is 24.3 Å². The van der Waals surface area contributed by atoms with Crippen molar-refractivity contribution in [3.05, 3.63) is 5.82 Å². The van der Waals surface area contributed by atoms with Gasteiger partial charge in [-0.3, -0.25) is 14.4 Å². The summed E-state index contributed by atoms with van der Waals surface area (Å²) in [7, 11) is 0. The van der Waals surface area contributed by atoms with Crippen LogP contribution in [0.3, 0.4) is 0 Å². The van der Waals surface area contributed by atoms with Crippen molar-refractivity contribution in [2.75, 3.05) is 6.54 Å². The van der Waals surface area contributed by atoms with Crippen molar-refractivity contribution in [3.63, 3.8) is 0 Å². The highest BCUT2D eigenvalue weighted by atomic mass is 16.7. The Morgan fingerprint density at radius 2 is 1.82 bits per heavy atom. The highest BCUT2D eigenvalue weighted by Gasteiger charge is 2.69. The molecule has 2 heterocycles. The van der Waals surface area contributed by atoms with Crippen molar-refractivity contribution in [1.29, 1.82) is 0 Å². The Kier molecular flexibility index (Phi) is 2.57. The Morgan fingerprint density at radius 1 is 1.29 bits per heavy atom. The zero-order chi connectivity index (χ0) is 12.6. The molecular formula is C9H10BNO6. The predicted molar refractivity (Wildman–Crippen MR) is 54.5 cm³/mol. The third kappa shape index (κ3) is 1.86. The average molecular weight is 239 g/mol. The van der Waals surface area contributed by atoms with Crippen LogP contribution in [-0.4, -0.2) is 36.6 Å². The summed E-state index contributed by atoms with van der Waals surface area (Å²) in [4.78, 5) is 44.9. The van der Waals surface area contributed by atoms with Gasteiger partial charge in [-0.15, -0.1) is 0 Å². The molecule has 0 radical (unpaired) electrons. The van der Waals surface area contributed by atoms with Gasteiger partial charge in [0.25, 0.3) is 0 Å². The van der Waals surface area contributed by atoms with E-state index in [1.807, 2.05) is 0 Å². The molecule has 0 aromatic rings. The van der Waals surface area contributed by atoms with Crippen molar-refractivity contribution in [1.82, 2.24) is 5.32 Å². The standard InChI is InChI=1S/C9H10BNO6/c1-5(12)4-11-9(15)10-6(2-7(13)16-10)3-8(14)17-10/h2-4H2,1H3,(H,11,15). The number of carbonyl (C=O) groups is 4. The quantitative estimate of drug-likeness (QED) is 0.517. The van der Waals surface area contributed by atoms with Crippen LogP contribution in [0.5, 0.6) is 0 Å². The zero-order valence-corrected chi connectivity index (χ0v) is 9.15. The summed E-state index contributed by atoms with van der Waals surface area (Å²) >= 11 is 0. The Morgan fingerprint density at radius 3 is 2.29 bits per heavy atom. The molecule has 0 atom stereocenters. The van der Waals surface area contributed by atoms with E-state index in [1.54, 1.807) is 0 Å². The fraction of sp³-hybridized carbons (Fsp3) is 0.444. The van der Waals surface area contributed by atoms with E-state index in [2.05, 4.69) is 5.32 Å². The second-order valence-electron chi connectivity index (χ2n) is 4.12. The van der Waals surface area contributed by atoms with E-state index in [1.165, 1.54) is 6.92 Å². The molecule has 2 fully saturated rings. The van der Waals surface area contributed by atoms with Crippen molar-refractivity contribution < 1.29 is 28.5 Å². The smallest absolute Gasteiger partial charge is 0.607 e. The molecule has 0 bridgehead atoms. The van der Waals surface area contributed by atoms with Crippen molar-refractivity contribution in [2.24, 2.45) is 0 Å². The van der Waals surface area contributed by atoms with Gasteiger partial charge >= 0.3 is 18.5 Å². The van der Waals surface area contributed by atoms with Gasteiger partial charge in [-0.2, -0.15) is 0 Å². The topological polar surface area (TPSA) is 98.8 Å². The van der Waals surface area contributed by atoms with Gasteiger partial charge in [0, 0.05) is 5.82 Å². The molecule has 2 saturated heterocycles. The number of nitrogens with one attached hydrogen (secondary N) is 1. The number of rotatable bonds is 3. The average Bonchev–Trinajstić information content (AvgIpc) is 2.66. The molecule has 0 unspecified atom stereocenters. The van der Waals surface area contributed by atoms with E-state index in [4.69, 9.17) is 9.31 Å². The lowest BCUT2D eigenvalue weighted by Crippen LogP contribution is -2.55. The van der Waals surface area contributed by atoms with Gasteiger partial charge < -0.3 is 19.4 Å². The van der Waals surface area contributed by atoms with Gasteiger partial charge in [0.1, 0.15) is 18.6 Å². The molecule has 2 aliphatic heterocycles. The molecule has 2 aliphatic rings. The maximum Gasteiger partial charge on any atom is 0.642 e. The Bertz CT molecular complexity index is 400. The van der Waals surface area contributed by atoms with Crippen LogP contribution in [0.25, 0.3) is 0 Å². The lowest BCUT2D eigenvalue weighted by molar-refractivity contribution is -0.138. The largest absolute Gasteiger partial charge is 0.642 e. The van der Waals surface area contributed by atoms with Crippen LogP contribution in [0.1, 0.15) is 19.8 Å². The van der Waals surface area contributed by atoms with Crippen LogP contribution in [-0.2, 0) is 23.7 Å². The normalized spacial score (nSPS) is 20.6. The minimum absolute atomic E-state index is 0.0841. The van der Waals surface area contributed by atoms with Gasteiger partial charge in [0.2, 0.25) is 5.81 Å². The third-order valence-electron chi connectivity index (χ3n) is 2.73. The van der Waals surface area contributed by atoms with Crippen molar-refractivity contribution in [2.45, 2.75) is 19.8 Å². The maximum absolute atomic E-state index is 11.8. The van der Waals surface area contributed by atoms with Crippen molar-refractivity contribution in [3.8, 4) is 0 Å². The number of hydrogen-bond donors (Lipinski definition) is 1. The fourth-order valence-electron chi connectivity index (χ4n) is 1.98. The molecule has 7 nitrogen and oxygen atoms in total. The van der Waals surface area contributed by atoms with Crippen LogP contribution >= 0.6 is 0 Å². The Labute approximate surface area is 96.8 Å². The van der Waals surface area contributed by atoms with Gasteiger partial charge in [-0.1, -0.05) is 0 Å². The fourth-order valence-corrected chi connectivity index (χ4v) is 1.98. The molecule has 1 amide bonds. The molecule has 0 aromatic carbocycles. The van der Waals surface area contributed by atoms with Crippen LogP contribution in [0.4, 0.5) is 4.79 Å². The zero-order valence-electron chi connectivity index (χ0n) is 9.15. The summed E-state index contributed by atoms with van der Waals surface area (Å²) in [6.45, 7) is -1.57. The Balaban J connectivity index is 2.15. The molecule has 17 heavy (non-hydrogen) atoms. The number of carbonyl (C=O) groups excluding carboxylic acids is 4. The summed E-state index contributed by atoms with van der Waals surface area (Å²) in [5.41, 5.74) is 0. The molecule has 1 N–H and O–H groups in total. The number of ketones is 1. The molecule has 2 rings (SSSR count). The first kappa shape index (κ1) is 11.5. The molecule has 0 spiro atoms. The van der Waals surface area contributed by atoms with Crippen LogP contribution < -0.4 is 5.32 Å². The summed E-state index contributed by atoms with van der Waals surface area (Å²) in [6.07, 6.45) is -0.168. The van der Waals surface area contributed by atoms with E-state index in [9.17, 15) is 19.2 Å². The summed E-state index contributed by atoms with van der Waals surface area (Å²) in [5, 5.41) is 2.29. The van der Waals surface area contributed by atoms with Gasteiger partial charge in [-0.25, -0.2) is 0 Å². The van der Waals surface area contributed by atoms with Crippen LogP contribution in [0, 0.1) is 5.82 Å². The monoisotopic (exact) mass is 239 g/mol. The van der Waals surface area contributed by atoms with Gasteiger partial charge in [-0.05, 0) is 6.92 Å². The minimum atomic E-state index is -2.68. The molecule has 0 aromatic heterocycles. The Hall–Kier alpha value is -1.99. The van der Waals surface area contributed by atoms with Gasteiger partial charge in [0.15, 0.2) is 0 Å². The van der Waals surface area contributed by atoms with Crippen LogP contribution in [0.15, 0.2) is 0 Å². The number of hydrogen-bond acceptors (Lipinski definition) is 6. The predicted octanol–water partition coefficient (Wildman–Crippen LogP) is -0.684. The maximum atomic E-state index is 11.8. The first-order valence-electron chi connectivity index (χ1n) is 5.14. The van der Waals surface area contributed by atoms with Crippen LogP contribution in [0.2, 0.25) is 0 Å². The third-order valence-corrected chi connectivity index (χ3v) is 2.73. The SMILES string of the molecule is CC(=O)CNC(=O)[B-]12OC(=O)C[C+]1CC(=O)O2. The van der Waals surface area contributed by atoms with E-state index in [-0.39, 0.29) is 25.2 Å². The number of amides is 1. The molecule has 90 valence electrons. The lowest BCUT2D eigenvalue weighted by atomic mass is 9.48. The number of fused-ring (bicyclic) bond motifs is 1. The van der Waals surface area contributed by atoms with E-state index >= 15 is 0 Å². The summed E-state index contributed by atoms with van der Waals surface area (Å²) in [5.74, 6) is -1.82. The van der Waals surface area contributed by atoms with E-state index in [0.717, 1.165) is 0 Å². The summed E-state index contributed by atoms with van der Waals surface area (Å²) < 4.78 is 9.72. The summed E-state index contributed by atoms with van der Waals surface area (Å²) in [6, 6.07) is 0. The molecule has 8 heteroatoms. The molecule has 0 aliphatic carbocycles. The first-order valence-corrected chi connectivity index (χ1v) is 5.14. The molecule has 0 saturated carbocycles. The highest BCUT2D eigenvalue weighted by Crippen LogP contribution is 2.40. The first-order chi connectivity index (χ1) is 7.94. The molecular weight excluding hydrogens is 229 g/mol.